The molecule has 9 nitrogen and oxygen atoms in total. The predicted octanol–water partition coefficient (Wildman–Crippen LogP) is 2.26. The van der Waals surface area contributed by atoms with Gasteiger partial charge in [-0.05, 0) is 48.2 Å². The Hall–Kier alpha value is -3.26. The standard InChI is InChI=1S/C28H32F3N5O4S/c1-41(39,40)36-14-13-34(12-2-3-25(36)18-4-6-19(29)7-5-18)28(38)23-17-35(26-10-11-27(37)33-32-26)16-22(23)21-9-8-20(30)15-24(21)31/h4-11,15,22-23,25-26,32H,2-3,12-14,16-17H2,1H3,(H,33,37)/t22-,23+,25?,26?/m0/s1. The predicted molar refractivity (Wildman–Crippen MR) is 145 cm³/mol. The summed E-state index contributed by atoms with van der Waals surface area (Å²) in [4.78, 5) is 29.1. The molecule has 41 heavy (non-hydrogen) atoms. The van der Waals surface area contributed by atoms with Crippen LogP contribution in [0.3, 0.4) is 0 Å². The number of hydrazine groups is 1. The van der Waals surface area contributed by atoms with Crippen molar-refractivity contribution in [1.29, 1.82) is 0 Å². The lowest BCUT2D eigenvalue weighted by Crippen LogP contribution is -2.54. The molecular weight excluding hydrogens is 559 g/mol. The summed E-state index contributed by atoms with van der Waals surface area (Å²) in [7, 11) is -3.67. The number of halogens is 3. The van der Waals surface area contributed by atoms with Crippen LogP contribution in [0.25, 0.3) is 0 Å². The van der Waals surface area contributed by atoms with Gasteiger partial charge in [-0.2, -0.15) is 4.31 Å². The molecular formula is C28H32F3N5O4S. The van der Waals surface area contributed by atoms with Crippen molar-refractivity contribution in [2.24, 2.45) is 5.92 Å². The molecule has 3 aliphatic rings. The van der Waals surface area contributed by atoms with E-state index in [-0.39, 0.29) is 43.6 Å². The Morgan fingerprint density at radius 1 is 0.976 bits per heavy atom. The van der Waals surface area contributed by atoms with E-state index in [1.807, 2.05) is 4.90 Å². The molecule has 2 amide bonds. The molecule has 2 aromatic rings. The van der Waals surface area contributed by atoms with Gasteiger partial charge >= 0.3 is 0 Å². The number of rotatable bonds is 5. The summed E-state index contributed by atoms with van der Waals surface area (Å²) in [6.07, 6.45) is 4.62. The van der Waals surface area contributed by atoms with Crippen molar-refractivity contribution in [3.63, 3.8) is 0 Å². The monoisotopic (exact) mass is 591 g/mol. The van der Waals surface area contributed by atoms with E-state index in [2.05, 4.69) is 10.9 Å². The summed E-state index contributed by atoms with van der Waals surface area (Å²) in [5, 5.41) is 0. The van der Waals surface area contributed by atoms with Crippen LogP contribution >= 0.6 is 0 Å². The molecule has 0 aromatic heterocycles. The van der Waals surface area contributed by atoms with Crippen molar-refractivity contribution in [3.05, 3.63) is 83.2 Å². The van der Waals surface area contributed by atoms with Crippen molar-refractivity contribution in [2.75, 3.05) is 39.0 Å². The molecule has 0 radical (unpaired) electrons. The number of amides is 2. The minimum Gasteiger partial charge on any atom is -0.341 e. The number of carbonyl (C=O) groups is 2. The fraction of sp³-hybridized carbons (Fsp3) is 0.429. The zero-order valence-corrected chi connectivity index (χ0v) is 23.3. The number of nitrogens with zero attached hydrogens (tertiary/aromatic N) is 3. The number of carbonyl (C=O) groups excluding carboxylic acids is 2. The summed E-state index contributed by atoms with van der Waals surface area (Å²) in [6.45, 7) is 1.03. The van der Waals surface area contributed by atoms with Gasteiger partial charge in [0.2, 0.25) is 15.9 Å². The van der Waals surface area contributed by atoms with E-state index < -0.39 is 51.5 Å². The minimum absolute atomic E-state index is 0.0393. The third kappa shape index (κ3) is 6.48. The van der Waals surface area contributed by atoms with Crippen LogP contribution in [-0.4, -0.2) is 79.5 Å². The first-order chi connectivity index (χ1) is 19.5. The van der Waals surface area contributed by atoms with E-state index in [4.69, 9.17) is 0 Å². The smallest absolute Gasteiger partial charge is 0.257 e. The van der Waals surface area contributed by atoms with Crippen molar-refractivity contribution in [3.8, 4) is 0 Å². The molecule has 4 atom stereocenters. The lowest BCUT2D eigenvalue weighted by Gasteiger charge is -2.37. The third-order valence-corrected chi connectivity index (χ3v) is 9.32. The van der Waals surface area contributed by atoms with E-state index in [9.17, 15) is 31.2 Å². The zero-order valence-electron chi connectivity index (χ0n) is 22.5. The van der Waals surface area contributed by atoms with Crippen LogP contribution in [0.2, 0.25) is 0 Å². The zero-order chi connectivity index (χ0) is 29.3. The molecule has 3 aliphatic heterocycles. The number of likely N-dealkylation sites (tertiary alicyclic amines) is 1. The van der Waals surface area contributed by atoms with Crippen LogP contribution in [0.5, 0.6) is 0 Å². The molecule has 2 saturated heterocycles. The molecule has 0 aliphatic carbocycles. The van der Waals surface area contributed by atoms with Crippen molar-refractivity contribution < 1.29 is 31.2 Å². The van der Waals surface area contributed by atoms with Gasteiger partial charge in [-0.3, -0.25) is 19.9 Å². The summed E-state index contributed by atoms with van der Waals surface area (Å²) < 4.78 is 69.2. The second kappa shape index (κ2) is 11.9. The van der Waals surface area contributed by atoms with Crippen LogP contribution in [0.4, 0.5) is 13.2 Å². The number of hydrogen-bond donors (Lipinski definition) is 2. The van der Waals surface area contributed by atoms with Crippen LogP contribution < -0.4 is 10.9 Å². The number of sulfonamides is 1. The maximum atomic E-state index is 15.0. The van der Waals surface area contributed by atoms with Gasteiger partial charge in [-0.1, -0.05) is 18.2 Å². The molecule has 3 heterocycles. The van der Waals surface area contributed by atoms with Gasteiger partial charge in [0.15, 0.2) is 0 Å². The summed E-state index contributed by atoms with van der Waals surface area (Å²) in [5.74, 6) is -3.73. The van der Waals surface area contributed by atoms with Crippen molar-refractivity contribution in [2.45, 2.75) is 31.0 Å². The van der Waals surface area contributed by atoms with Crippen LogP contribution in [0.15, 0.2) is 54.6 Å². The topological polar surface area (TPSA) is 102 Å². The molecule has 0 spiro atoms. The molecule has 2 aromatic carbocycles. The second-order valence-electron chi connectivity index (χ2n) is 10.7. The van der Waals surface area contributed by atoms with Gasteiger partial charge < -0.3 is 4.90 Å². The van der Waals surface area contributed by atoms with E-state index in [0.717, 1.165) is 18.4 Å². The Morgan fingerprint density at radius 2 is 1.71 bits per heavy atom. The fourth-order valence-corrected chi connectivity index (χ4v) is 7.13. The Kier molecular flexibility index (Phi) is 8.50. The Morgan fingerprint density at radius 3 is 2.37 bits per heavy atom. The molecule has 2 N–H and O–H groups in total. The molecule has 0 saturated carbocycles. The fourth-order valence-electron chi connectivity index (χ4n) is 6.03. The molecule has 2 fully saturated rings. The summed E-state index contributed by atoms with van der Waals surface area (Å²) in [6, 6.07) is 8.58. The van der Waals surface area contributed by atoms with Gasteiger partial charge in [-0.25, -0.2) is 27.0 Å². The highest BCUT2D eigenvalue weighted by molar-refractivity contribution is 7.88. The lowest BCUT2D eigenvalue weighted by molar-refractivity contribution is -0.136. The van der Waals surface area contributed by atoms with Gasteiger partial charge in [0.1, 0.15) is 17.5 Å². The third-order valence-electron chi connectivity index (χ3n) is 8.03. The molecule has 5 rings (SSSR count). The first-order valence-electron chi connectivity index (χ1n) is 13.4. The van der Waals surface area contributed by atoms with E-state index >= 15 is 0 Å². The molecule has 2 unspecified atom stereocenters. The van der Waals surface area contributed by atoms with Crippen LogP contribution in [-0.2, 0) is 19.6 Å². The Balaban J connectivity index is 1.39. The number of benzene rings is 2. The number of nitrogens with one attached hydrogen (secondary N) is 2. The van der Waals surface area contributed by atoms with Crippen molar-refractivity contribution >= 4 is 21.8 Å². The van der Waals surface area contributed by atoms with Gasteiger partial charge in [0, 0.05) is 56.8 Å². The average molecular weight is 592 g/mol. The van der Waals surface area contributed by atoms with Gasteiger partial charge in [0.05, 0.1) is 18.3 Å². The normalized spacial score (nSPS) is 26.4. The summed E-state index contributed by atoms with van der Waals surface area (Å²) in [5.41, 5.74) is 6.29. The van der Waals surface area contributed by atoms with Crippen LogP contribution in [0, 0.1) is 23.4 Å². The lowest BCUT2D eigenvalue weighted by atomic mass is 9.87. The molecule has 220 valence electrons. The molecule has 0 bridgehead atoms. The SMILES string of the molecule is CS(=O)(=O)N1CCN(C(=O)[C@@H]2CN(C3C=CC(=O)NN3)C[C@H]2c2ccc(F)cc2F)CCCC1c1ccc(F)cc1. The first-order valence-corrected chi connectivity index (χ1v) is 15.3. The van der Waals surface area contributed by atoms with Gasteiger partial charge in [0.25, 0.3) is 5.91 Å². The van der Waals surface area contributed by atoms with E-state index in [1.165, 1.54) is 28.6 Å². The average Bonchev–Trinajstić information content (AvgIpc) is 3.34. The maximum Gasteiger partial charge on any atom is 0.257 e. The quantitative estimate of drug-likeness (QED) is 0.554. The second-order valence-corrected chi connectivity index (χ2v) is 12.6. The highest BCUT2D eigenvalue weighted by Crippen LogP contribution is 2.37. The summed E-state index contributed by atoms with van der Waals surface area (Å²) >= 11 is 0. The maximum absolute atomic E-state index is 15.0. The largest absolute Gasteiger partial charge is 0.341 e. The van der Waals surface area contributed by atoms with E-state index in [0.29, 0.717) is 24.9 Å². The van der Waals surface area contributed by atoms with Gasteiger partial charge in [-0.15, -0.1) is 0 Å². The highest BCUT2D eigenvalue weighted by atomic mass is 32.2. The van der Waals surface area contributed by atoms with E-state index in [1.54, 1.807) is 23.1 Å². The molecule has 13 heteroatoms. The Bertz CT molecular complexity index is 1440. The van der Waals surface area contributed by atoms with Crippen molar-refractivity contribution in [1.82, 2.24) is 25.0 Å². The Labute approximate surface area is 237 Å². The number of hydrogen-bond acceptors (Lipinski definition) is 6. The highest BCUT2D eigenvalue weighted by Gasteiger charge is 2.44. The first kappa shape index (κ1) is 29.2. The minimum atomic E-state index is -3.67. The van der Waals surface area contributed by atoms with Crippen LogP contribution in [0.1, 0.15) is 35.9 Å².